The Morgan fingerprint density at radius 1 is 0.791 bits per heavy atom. The van der Waals surface area contributed by atoms with Crippen LogP contribution in [0.15, 0.2) is 73.1 Å². The Labute approximate surface area is 253 Å². The molecular weight excluding hydrogens is 595 g/mol. The van der Waals surface area contributed by atoms with Crippen molar-refractivity contribution in [1.29, 1.82) is 0 Å². The number of nitrogens with two attached hydrogens (primary N) is 1. The number of fused-ring (bicyclic) bond motifs is 2. The summed E-state index contributed by atoms with van der Waals surface area (Å²) in [4.78, 5) is 28.3. The van der Waals surface area contributed by atoms with Gasteiger partial charge in [-0.3, -0.25) is 5.32 Å². The molecular formula is C29H26F2N8O2S2. The molecule has 0 bridgehead atoms. The number of nitrogen functional groups attached to an aromatic ring is 1. The fourth-order valence-corrected chi connectivity index (χ4v) is 5.33. The van der Waals surface area contributed by atoms with Crippen molar-refractivity contribution in [3.63, 3.8) is 0 Å². The van der Waals surface area contributed by atoms with Gasteiger partial charge in [-0.15, -0.1) is 0 Å². The standard InChI is InChI=1S/C17H17FN4O2S.C12H9FN4S/c1-17(2,3)24-16(23)22-15-21-12-6-5-11(8-13(12)25-15)20-14-7-4-10(18)9-19-14;13-7-1-4-11(15-6-7)16-8-2-3-9-10(5-8)18-12(14)17-9/h4-9H,1-3H3,(H,19,20)(H,21,22,23);1-6H,(H2,14,17)(H,15,16). The number of aromatic nitrogens is 4. The lowest BCUT2D eigenvalue weighted by Gasteiger charge is -2.18. The molecule has 14 heteroatoms. The molecule has 0 fully saturated rings. The van der Waals surface area contributed by atoms with E-state index in [9.17, 15) is 13.6 Å². The van der Waals surface area contributed by atoms with Crippen molar-refractivity contribution in [3.05, 3.63) is 84.7 Å². The van der Waals surface area contributed by atoms with Crippen LogP contribution in [-0.4, -0.2) is 31.6 Å². The fourth-order valence-electron chi connectivity index (χ4n) is 3.66. The van der Waals surface area contributed by atoms with Gasteiger partial charge in [-0.1, -0.05) is 22.7 Å². The molecule has 0 spiro atoms. The topological polar surface area (TPSA) is 140 Å². The quantitative estimate of drug-likeness (QED) is 0.151. The number of benzene rings is 2. The highest BCUT2D eigenvalue weighted by molar-refractivity contribution is 7.22. The van der Waals surface area contributed by atoms with Gasteiger partial charge in [0.2, 0.25) is 0 Å². The Kier molecular flexibility index (Phi) is 8.59. The number of hydrogen-bond acceptors (Lipinski definition) is 11. The second kappa shape index (κ2) is 12.5. The number of rotatable bonds is 5. The summed E-state index contributed by atoms with van der Waals surface area (Å²) in [5, 5.41) is 9.82. The van der Waals surface area contributed by atoms with E-state index in [2.05, 4.69) is 35.9 Å². The van der Waals surface area contributed by atoms with Crippen LogP contribution in [0.4, 0.5) is 46.8 Å². The molecule has 0 saturated carbocycles. The van der Waals surface area contributed by atoms with Gasteiger partial charge < -0.3 is 21.1 Å². The summed E-state index contributed by atoms with van der Waals surface area (Å²) in [6.45, 7) is 5.39. The number of carbonyl (C=O) groups excluding carboxylic acids is 1. The second-order valence-electron chi connectivity index (χ2n) is 10.0. The molecule has 4 aromatic heterocycles. The first-order valence-electron chi connectivity index (χ1n) is 12.8. The minimum atomic E-state index is -0.569. The number of ether oxygens (including phenoxy) is 1. The third-order valence-corrected chi connectivity index (χ3v) is 7.18. The van der Waals surface area contributed by atoms with Crippen LogP contribution in [0.2, 0.25) is 0 Å². The van der Waals surface area contributed by atoms with E-state index in [-0.39, 0.29) is 11.6 Å². The highest BCUT2D eigenvalue weighted by Crippen LogP contribution is 2.30. The van der Waals surface area contributed by atoms with E-state index in [1.54, 1.807) is 32.9 Å². The second-order valence-corrected chi connectivity index (χ2v) is 12.1. The van der Waals surface area contributed by atoms with Crippen LogP contribution in [0, 0.1) is 11.6 Å². The molecule has 0 aliphatic heterocycles. The molecule has 0 radical (unpaired) electrons. The summed E-state index contributed by atoms with van der Waals surface area (Å²) >= 11 is 2.76. The lowest BCUT2D eigenvalue weighted by Crippen LogP contribution is -2.27. The van der Waals surface area contributed by atoms with Gasteiger partial charge in [0.05, 0.1) is 32.8 Å². The molecule has 0 saturated heterocycles. The molecule has 4 heterocycles. The molecule has 0 aliphatic rings. The average Bonchev–Trinajstić information content (AvgIpc) is 3.51. The summed E-state index contributed by atoms with van der Waals surface area (Å²) in [5.74, 6) is 0.387. The highest BCUT2D eigenvalue weighted by atomic mass is 32.1. The number of anilines is 6. The van der Waals surface area contributed by atoms with Crippen molar-refractivity contribution in [2.45, 2.75) is 26.4 Å². The minimum absolute atomic E-state index is 0.355. The maximum atomic E-state index is 12.9. The predicted octanol–water partition coefficient (Wildman–Crippen LogP) is 8.08. The minimum Gasteiger partial charge on any atom is -0.444 e. The molecule has 6 rings (SSSR count). The predicted molar refractivity (Wildman–Crippen MR) is 168 cm³/mol. The van der Waals surface area contributed by atoms with Gasteiger partial charge in [0, 0.05) is 11.4 Å². The summed E-state index contributed by atoms with van der Waals surface area (Å²) in [7, 11) is 0. The average molecular weight is 621 g/mol. The van der Waals surface area contributed by atoms with Crippen LogP contribution >= 0.6 is 22.7 Å². The van der Waals surface area contributed by atoms with Crippen molar-refractivity contribution in [2.24, 2.45) is 0 Å². The number of halogens is 2. The Hall–Kier alpha value is -4.95. The van der Waals surface area contributed by atoms with Crippen molar-refractivity contribution < 1.29 is 18.3 Å². The van der Waals surface area contributed by atoms with Crippen LogP contribution in [-0.2, 0) is 4.74 Å². The molecule has 43 heavy (non-hydrogen) atoms. The third kappa shape index (κ3) is 8.30. The molecule has 2 aromatic carbocycles. The number of carbonyl (C=O) groups is 1. The Morgan fingerprint density at radius 2 is 1.33 bits per heavy atom. The normalized spacial score (nSPS) is 11.1. The van der Waals surface area contributed by atoms with Crippen LogP contribution < -0.4 is 21.7 Å². The molecule has 0 unspecified atom stereocenters. The van der Waals surface area contributed by atoms with Crippen LogP contribution in [0.25, 0.3) is 20.4 Å². The zero-order chi connectivity index (χ0) is 30.6. The summed E-state index contributed by atoms with van der Waals surface area (Å²) in [6, 6.07) is 17.1. The van der Waals surface area contributed by atoms with Gasteiger partial charge in [-0.05, 0) is 81.4 Å². The SMILES string of the molecule is CC(C)(C)OC(=O)Nc1nc2ccc(Nc3ccc(F)cn3)cc2s1.Nc1nc2ccc(Nc3ccc(F)cn3)cc2s1. The lowest BCUT2D eigenvalue weighted by molar-refractivity contribution is 0.0636. The maximum Gasteiger partial charge on any atom is 0.413 e. The van der Waals surface area contributed by atoms with Gasteiger partial charge in [0.1, 0.15) is 28.9 Å². The Bertz CT molecular complexity index is 1870. The Morgan fingerprint density at radius 3 is 1.84 bits per heavy atom. The van der Waals surface area contributed by atoms with Crippen molar-refractivity contribution in [2.75, 3.05) is 21.7 Å². The Balaban J connectivity index is 0.000000180. The lowest BCUT2D eigenvalue weighted by atomic mass is 10.2. The number of nitrogens with zero attached hydrogens (tertiary/aromatic N) is 4. The largest absolute Gasteiger partial charge is 0.444 e. The van der Waals surface area contributed by atoms with Gasteiger partial charge in [0.15, 0.2) is 10.3 Å². The first kappa shape index (κ1) is 29.5. The molecule has 5 N–H and O–H groups in total. The van der Waals surface area contributed by atoms with Gasteiger partial charge in [0.25, 0.3) is 0 Å². The van der Waals surface area contributed by atoms with E-state index < -0.39 is 11.7 Å². The number of thiazole rings is 2. The van der Waals surface area contributed by atoms with Crippen LogP contribution in [0.3, 0.4) is 0 Å². The number of hydrogen-bond donors (Lipinski definition) is 4. The first-order chi connectivity index (χ1) is 20.5. The van der Waals surface area contributed by atoms with Crippen LogP contribution in [0.1, 0.15) is 20.8 Å². The monoisotopic (exact) mass is 620 g/mol. The zero-order valence-corrected chi connectivity index (χ0v) is 24.8. The van der Waals surface area contributed by atoms with E-state index in [0.29, 0.717) is 21.9 Å². The number of nitrogens with one attached hydrogen (secondary N) is 3. The van der Waals surface area contributed by atoms with E-state index >= 15 is 0 Å². The maximum absolute atomic E-state index is 12.9. The third-order valence-electron chi connectivity index (χ3n) is 5.40. The van der Waals surface area contributed by atoms with E-state index in [4.69, 9.17) is 10.5 Å². The molecule has 10 nitrogen and oxygen atoms in total. The van der Waals surface area contributed by atoms with Crippen molar-refractivity contribution >= 4 is 82.5 Å². The summed E-state index contributed by atoms with van der Waals surface area (Å²) in [5.41, 5.74) is 8.36. The van der Waals surface area contributed by atoms with E-state index in [1.165, 1.54) is 41.0 Å². The van der Waals surface area contributed by atoms with Gasteiger partial charge in [-0.2, -0.15) is 0 Å². The first-order valence-corrected chi connectivity index (χ1v) is 14.5. The molecule has 1 amide bonds. The summed E-state index contributed by atoms with van der Waals surface area (Å²) in [6.07, 6.45) is 1.78. The molecule has 0 aliphatic carbocycles. The molecule has 6 aromatic rings. The molecule has 0 atom stereocenters. The van der Waals surface area contributed by atoms with E-state index in [0.717, 1.165) is 38.0 Å². The number of amides is 1. The van der Waals surface area contributed by atoms with Crippen LogP contribution in [0.5, 0.6) is 0 Å². The van der Waals surface area contributed by atoms with Gasteiger partial charge in [-0.25, -0.2) is 33.5 Å². The smallest absolute Gasteiger partial charge is 0.413 e. The van der Waals surface area contributed by atoms with Crippen molar-refractivity contribution in [3.8, 4) is 0 Å². The molecule has 220 valence electrons. The van der Waals surface area contributed by atoms with E-state index in [1.807, 2.05) is 36.4 Å². The zero-order valence-electron chi connectivity index (χ0n) is 23.2. The summed E-state index contributed by atoms with van der Waals surface area (Å²) < 4.78 is 32.7. The van der Waals surface area contributed by atoms with Crippen molar-refractivity contribution in [1.82, 2.24) is 19.9 Å². The highest BCUT2D eigenvalue weighted by Gasteiger charge is 2.17. The van der Waals surface area contributed by atoms with Gasteiger partial charge >= 0.3 is 6.09 Å². The fraction of sp³-hybridized carbons (Fsp3) is 0.138. The number of pyridine rings is 2.